The molecule has 0 heterocycles. The van der Waals surface area contributed by atoms with Crippen LogP contribution < -0.4 is 0 Å². The van der Waals surface area contributed by atoms with Crippen LogP contribution in [0.5, 0.6) is 0 Å². The molecule has 0 aromatic rings. The first-order valence-corrected chi connectivity index (χ1v) is 7.31. The number of likely N-dealkylation sites (N-methyl/N-ethyl adjacent to an activating group) is 2. The number of aliphatic hydroxyl groups is 2. The molecule has 1 unspecified atom stereocenters. The van der Waals surface area contributed by atoms with Gasteiger partial charge in [0.25, 0.3) is 0 Å². The van der Waals surface area contributed by atoms with Gasteiger partial charge in [-0.1, -0.05) is 0 Å². The van der Waals surface area contributed by atoms with Crippen molar-refractivity contribution in [3.63, 3.8) is 0 Å². The first-order chi connectivity index (χ1) is 8.78. The summed E-state index contributed by atoms with van der Waals surface area (Å²) < 4.78 is 7.01. The van der Waals surface area contributed by atoms with E-state index in [0.717, 1.165) is 41.7 Å². The zero-order valence-electron chi connectivity index (χ0n) is 13.4. The molecular formula is C14H34N2O3+2. The predicted molar refractivity (Wildman–Crippen MR) is 77.9 cm³/mol. The third-order valence-electron chi connectivity index (χ3n) is 3.64. The van der Waals surface area contributed by atoms with Crippen LogP contribution in [0.15, 0.2) is 0 Å². The van der Waals surface area contributed by atoms with Crippen molar-refractivity contribution in [2.75, 3.05) is 73.7 Å². The van der Waals surface area contributed by atoms with Crippen LogP contribution in [-0.4, -0.2) is 99.0 Å². The largest absolute Gasteiger partial charge is 0.394 e. The molecule has 5 nitrogen and oxygen atoms in total. The average Bonchev–Trinajstić information content (AvgIpc) is 2.31. The summed E-state index contributed by atoms with van der Waals surface area (Å²) in [6, 6.07) is 0. The fourth-order valence-electron chi connectivity index (χ4n) is 2.45. The quantitative estimate of drug-likeness (QED) is 0.410. The molecule has 0 amide bonds. The van der Waals surface area contributed by atoms with Gasteiger partial charge in [0, 0.05) is 0 Å². The second-order valence-electron chi connectivity index (χ2n) is 6.34. The molecule has 19 heavy (non-hydrogen) atoms. The highest BCUT2D eigenvalue weighted by atomic mass is 16.5. The van der Waals surface area contributed by atoms with E-state index >= 15 is 0 Å². The lowest BCUT2D eigenvalue weighted by molar-refractivity contribution is -0.934. The summed E-state index contributed by atoms with van der Waals surface area (Å²) in [6.07, 6.45) is -0.294. The summed E-state index contributed by atoms with van der Waals surface area (Å²) in [6.45, 7) is 9.84. The molecule has 0 aromatic heterocycles. The van der Waals surface area contributed by atoms with Gasteiger partial charge in [-0.3, -0.25) is 0 Å². The lowest BCUT2D eigenvalue weighted by atomic mass is 10.2. The Morgan fingerprint density at radius 3 is 2.00 bits per heavy atom. The summed E-state index contributed by atoms with van der Waals surface area (Å²) >= 11 is 0. The molecule has 0 fully saturated rings. The second kappa shape index (κ2) is 8.87. The first-order valence-electron chi connectivity index (χ1n) is 7.31. The van der Waals surface area contributed by atoms with Crippen molar-refractivity contribution in [3.8, 4) is 0 Å². The van der Waals surface area contributed by atoms with Crippen molar-refractivity contribution in [1.29, 1.82) is 0 Å². The van der Waals surface area contributed by atoms with Crippen LogP contribution in [0.4, 0.5) is 0 Å². The van der Waals surface area contributed by atoms with E-state index in [9.17, 15) is 5.11 Å². The topological polar surface area (TPSA) is 49.7 Å². The van der Waals surface area contributed by atoms with Crippen LogP contribution >= 0.6 is 0 Å². The highest BCUT2D eigenvalue weighted by Gasteiger charge is 2.29. The molecule has 1 atom stereocenters. The van der Waals surface area contributed by atoms with Crippen molar-refractivity contribution in [2.45, 2.75) is 20.0 Å². The van der Waals surface area contributed by atoms with Gasteiger partial charge < -0.3 is 23.9 Å². The molecule has 0 spiro atoms. The number of hydrogen-bond donors (Lipinski definition) is 2. The van der Waals surface area contributed by atoms with Crippen molar-refractivity contribution in [1.82, 2.24) is 0 Å². The maximum absolute atomic E-state index is 10.3. The molecule has 5 heteroatoms. The van der Waals surface area contributed by atoms with Gasteiger partial charge in [0.2, 0.25) is 0 Å². The molecule has 0 aromatic carbocycles. The average molecular weight is 278 g/mol. The van der Waals surface area contributed by atoms with Gasteiger partial charge in [0.15, 0.2) is 6.10 Å². The molecule has 0 aliphatic heterocycles. The molecule has 2 N–H and O–H groups in total. The summed E-state index contributed by atoms with van der Waals surface area (Å²) in [5.41, 5.74) is 0. The van der Waals surface area contributed by atoms with Gasteiger partial charge in [-0.25, -0.2) is 0 Å². The number of quaternary nitrogens is 2. The highest BCUT2D eigenvalue weighted by Crippen LogP contribution is 2.10. The first kappa shape index (κ1) is 18.8. The minimum atomic E-state index is -0.294. The van der Waals surface area contributed by atoms with Crippen LogP contribution in [0, 0.1) is 0 Å². The lowest BCUT2D eigenvalue weighted by Crippen LogP contribution is -2.56. The van der Waals surface area contributed by atoms with Crippen LogP contribution in [-0.2, 0) is 4.74 Å². The second-order valence-corrected chi connectivity index (χ2v) is 6.34. The highest BCUT2D eigenvalue weighted by molar-refractivity contribution is 4.54. The Morgan fingerprint density at radius 1 is 1.00 bits per heavy atom. The SMILES string of the molecule is CC[N+](CC)(CCOCCO)CC(O)C[N+](C)(C)C. The summed E-state index contributed by atoms with van der Waals surface area (Å²) in [5, 5.41) is 19.0. The molecule has 0 saturated carbocycles. The van der Waals surface area contributed by atoms with Crippen LogP contribution in [0.1, 0.15) is 13.8 Å². The number of ether oxygens (including phenoxy) is 1. The Labute approximate surface area is 118 Å². The third kappa shape index (κ3) is 8.55. The summed E-state index contributed by atoms with van der Waals surface area (Å²) in [7, 11) is 6.29. The Hall–Kier alpha value is -0.200. The van der Waals surface area contributed by atoms with Gasteiger partial charge in [-0.2, -0.15) is 0 Å². The number of nitrogens with zero attached hydrogens (tertiary/aromatic N) is 2. The standard InChI is InChI=1S/C14H34N2O3/c1-6-16(7-2,8-10-19-11-9-17)13-14(18)12-15(3,4)5/h14,17-18H,6-13H2,1-5H3/q+2. The Kier molecular flexibility index (Phi) is 8.78. The molecule has 0 radical (unpaired) electrons. The van der Waals surface area contributed by atoms with Gasteiger partial charge in [0.1, 0.15) is 19.6 Å². The van der Waals surface area contributed by atoms with Crippen molar-refractivity contribution in [3.05, 3.63) is 0 Å². The molecule has 0 aliphatic carbocycles. The molecule has 0 bridgehead atoms. The van der Waals surface area contributed by atoms with E-state index < -0.39 is 0 Å². The van der Waals surface area contributed by atoms with Crippen LogP contribution in [0.3, 0.4) is 0 Å². The van der Waals surface area contributed by atoms with E-state index in [-0.39, 0.29) is 12.7 Å². The maximum Gasteiger partial charge on any atom is 0.152 e. The fourth-order valence-corrected chi connectivity index (χ4v) is 2.45. The predicted octanol–water partition coefficient (Wildman–Crippen LogP) is -0.0810. The number of hydrogen-bond acceptors (Lipinski definition) is 3. The lowest BCUT2D eigenvalue weighted by Gasteiger charge is -2.39. The zero-order valence-corrected chi connectivity index (χ0v) is 13.4. The fraction of sp³-hybridized carbons (Fsp3) is 1.00. The molecular weight excluding hydrogens is 244 g/mol. The number of rotatable bonds is 11. The third-order valence-corrected chi connectivity index (χ3v) is 3.64. The molecule has 116 valence electrons. The van der Waals surface area contributed by atoms with Gasteiger partial charge in [-0.15, -0.1) is 0 Å². The number of aliphatic hydroxyl groups excluding tert-OH is 2. The van der Waals surface area contributed by atoms with Crippen molar-refractivity contribution < 1.29 is 23.9 Å². The van der Waals surface area contributed by atoms with E-state index in [1.165, 1.54) is 0 Å². The molecule has 0 aliphatic rings. The summed E-state index contributed by atoms with van der Waals surface area (Å²) in [5.74, 6) is 0. The van der Waals surface area contributed by atoms with E-state index in [2.05, 4.69) is 35.0 Å². The Bertz CT molecular complexity index is 225. The van der Waals surface area contributed by atoms with Gasteiger partial charge >= 0.3 is 0 Å². The van der Waals surface area contributed by atoms with Crippen molar-refractivity contribution in [2.24, 2.45) is 0 Å². The van der Waals surface area contributed by atoms with Gasteiger partial charge in [0.05, 0.1) is 54.1 Å². The van der Waals surface area contributed by atoms with E-state index in [0.29, 0.717) is 13.2 Å². The molecule has 0 saturated heterocycles. The smallest absolute Gasteiger partial charge is 0.152 e. The molecule has 0 rings (SSSR count). The monoisotopic (exact) mass is 278 g/mol. The Morgan fingerprint density at radius 2 is 1.58 bits per heavy atom. The van der Waals surface area contributed by atoms with E-state index in [1.54, 1.807) is 0 Å². The normalized spacial score (nSPS) is 14.7. The van der Waals surface area contributed by atoms with E-state index in [4.69, 9.17) is 9.84 Å². The minimum Gasteiger partial charge on any atom is -0.394 e. The zero-order chi connectivity index (χ0) is 14.9. The van der Waals surface area contributed by atoms with Crippen LogP contribution in [0.25, 0.3) is 0 Å². The van der Waals surface area contributed by atoms with Crippen molar-refractivity contribution >= 4 is 0 Å². The van der Waals surface area contributed by atoms with Gasteiger partial charge in [-0.05, 0) is 13.8 Å². The summed E-state index contributed by atoms with van der Waals surface area (Å²) in [4.78, 5) is 0. The Balaban J connectivity index is 4.35. The van der Waals surface area contributed by atoms with Crippen LogP contribution in [0.2, 0.25) is 0 Å². The minimum absolute atomic E-state index is 0.0718. The van der Waals surface area contributed by atoms with E-state index in [1.807, 2.05) is 0 Å². The maximum atomic E-state index is 10.3.